The molecule has 0 radical (unpaired) electrons. The molecule has 0 aliphatic heterocycles. The second kappa shape index (κ2) is 11.4. The number of aliphatic hydroxyl groups is 1. The number of anilines is 3. The van der Waals surface area contributed by atoms with Crippen LogP contribution in [0.2, 0.25) is 15.1 Å². The van der Waals surface area contributed by atoms with Crippen LogP contribution in [0.15, 0.2) is 22.1 Å². The first-order valence-corrected chi connectivity index (χ1v) is 12.0. The number of carbonyl (C=O) groups is 1. The highest BCUT2D eigenvalue weighted by Gasteiger charge is 2.30. The molecule has 3 rings (SSSR count). The predicted octanol–water partition coefficient (Wildman–Crippen LogP) is 4.96. The molecule has 1 aliphatic rings. The number of aliphatic imine (C=N–C) groups is 2. The van der Waals surface area contributed by atoms with E-state index in [0.29, 0.717) is 51.1 Å². The van der Waals surface area contributed by atoms with Crippen LogP contribution < -0.4 is 16.4 Å². The molecule has 0 bridgehead atoms. The molecule has 34 heavy (non-hydrogen) atoms. The molecule has 0 spiro atoms. The van der Waals surface area contributed by atoms with E-state index in [2.05, 4.69) is 27.3 Å². The number of aromatic nitrogens is 2. The number of primary amides is 1. The molecule has 2 aromatic rings. The van der Waals surface area contributed by atoms with E-state index in [-0.39, 0.29) is 36.5 Å². The van der Waals surface area contributed by atoms with Gasteiger partial charge in [-0.25, -0.2) is 15.0 Å². The highest BCUT2D eigenvalue weighted by atomic mass is 35.5. The number of imidazole rings is 1. The standard InChI is InChI=1S/C22H28Cl3N7O2/c1-11(10-33)28-21(27-3)31-20-12(2)29-22(30-18-16(24)8-14(23)9-17(18)25)32(20)15-6-4-13(5-7-15)19(26)34/h8-9,11,13,15,33H,3-7,10H2,1-2H3,(H2,26,34)(H,28,31)(H,29,30)/t11-,13?,15?/m0/s1. The normalized spacial score (nSPS) is 19.5. The summed E-state index contributed by atoms with van der Waals surface area (Å²) in [6.45, 7) is 7.07. The predicted molar refractivity (Wildman–Crippen MR) is 139 cm³/mol. The van der Waals surface area contributed by atoms with Crippen LogP contribution in [0, 0.1) is 12.8 Å². The van der Waals surface area contributed by atoms with E-state index < -0.39 is 0 Å². The van der Waals surface area contributed by atoms with Crippen LogP contribution in [0.1, 0.15) is 44.3 Å². The number of hydrogen-bond donors (Lipinski definition) is 4. The number of nitrogens with one attached hydrogen (secondary N) is 2. The van der Waals surface area contributed by atoms with Crippen LogP contribution in [0.3, 0.4) is 0 Å². The largest absolute Gasteiger partial charge is 0.394 e. The summed E-state index contributed by atoms with van der Waals surface area (Å²) in [5.74, 6) is 0.992. The molecule has 1 heterocycles. The molecule has 1 aliphatic carbocycles. The van der Waals surface area contributed by atoms with E-state index in [4.69, 9.17) is 45.5 Å². The van der Waals surface area contributed by atoms with Crippen LogP contribution in [-0.2, 0) is 4.79 Å². The van der Waals surface area contributed by atoms with Gasteiger partial charge in [0.25, 0.3) is 0 Å². The summed E-state index contributed by atoms with van der Waals surface area (Å²) in [5, 5.41) is 16.9. The number of carbonyl (C=O) groups excluding carboxylic acids is 1. The van der Waals surface area contributed by atoms with Crippen molar-refractivity contribution in [3.63, 3.8) is 0 Å². The molecular weight excluding hydrogens is 501 g/mol. The Labute approximate surface area is 213 Å². The van der Waals surface area contributed by atoms with Crippen LogP contribution in [0.25, 0.3) is 0 Å². The van der Waals surface area contributed by atoms with Crippen molar-refractivity contribution in [2.75, 3.05) is 17.2 Å². The van der Waals surface area contributed by atoms with E-state index in [9.17, 15) is 9.90 Å². The fourth-order valence-electron chi connectivity index (χ4n) is 4.00. The van der Waals surface area contributed by atoms with E-state index in [1.54, 1.807) is 19.1 Å². The lowest BCUT2D eigenvalue weighted by Crippen LogP contribution is -2.29. The Balaban J connectivity index is 2.04. The Hall–Kier alpha value is -2.33. The van der Waals surface area contributed by atoms with Crippen molar-refractivity contribution in [2.45, 2.75) is 51.6 Å². The van der Waals surface area contributed by atoms with Crippen molar-refractivity contribution in [1.29, 1.82) is 0 Å². The molecule has 0 saturated heterocycles. The molecule has 1 fully saturated rings. The number of halogens is 3. The number of benzene rings is 1. The first-order chi connectivity index (χ1) is 16.1. The zero-order valence-electron chi connectivity index (χ0n) is 19.0. The van der Waals surface area contributed by atoms with Crippen molar-refractivity contribution in [3.8, 4) is 0 Å². The van der Waals surface area contributed by atoms with Gasteiger partial charge >= 0.3 is 0 Å². The van der Waals surface area contributed by atoms with Gasteiger partial charge in [0, 0.05) is 17.0 Å². The zero-order valence-corrected chi connectivity index (χ0v) is 21.3. The quantitative estimate of drug-likeness (QED) is 0.298. The van der Waals surface area contributed by atoms with Gasteiger partial charge in [-0.3, -0.25) is 9.36 Å². The van der Waals surface area contributed by atoms with Gasteiger partial charge in [0.05, 0.1) is 34.1 Å². The number of aliphatic hydroxyl groups excluding tert-OH is 1. The minimum Gasteiger partial charge on any atom is -0.394 e. The summed E-state index contributed by atoms with van der Waals surface area (Å²) in [7, 11) is 0. The Morgan fingerprint density at radius 1 is 1.29 bits per heavy atom. The van der Waals surface area contributed by atoms with Crippen LogP contribution in [0.4, 0.5) is 17.5 Å². The maximum absolute atomic E-state index is 11.7. The number of rotatable bonds is 7. The summed E-state index contributed by atoms with van der Waals surface area (Å²) >= 11 is 18.9. The second-order valence-corrected chi connectivity index (χ2v) is 9.53. The number of nitrogens with zero attached hydrogens (tertiary/aromatic N) is 4. The van der Waals surface area contributed by atoms with Crippen molar-refractivity contribution in [2.24, 2.45) is 21.6 Å². The molecule has 1 aromatic carbocycles. The molecule has 1 aromatic heterocycles. The van der Waals surface area contributed by atoms with Crippen molar-refractivity contribution < 1.29 is 9.90 Å². The van der Waals surface area contributed by atoms with E-state index >= 15 is 0 Å². The average molecular weight is 529 g/mol. The highest BCUT2D eigenvalue weighted by Crippen LogP contribution is 2.41. The number of guanidine groups is 1. The SMILES string of the molecule is C=NC(=N[C@@H](C)CO)Nc1c(C)nc(Nc2c(Cl)cc(Cl)cc2Cl)n1C1CCC(C(N)=O)CC1. The van der Waals surface area contributed by atoms with Gasteiger partial charge < -0.3 is 21.5 Å². The maximum atomic E-state index is 11.7. The summed E-state index contributed by atoms with van der Waals surface area (Å²) in [6.07, 6.45) is 2.77. The molecule has 5 N–H and O–H groups in total. The molecular formula is C22H28Cl3N7O2. The van der Waals surface area contributed by atoms with Gasteiger partial charge in [0.2, 0.25) is 17.8 Å². The van der Waals surface area contributed by atoms with Gasteiger partial charge in [-0.1, -0.05) is 34.8 Å². The summed E-state index contributed by atoms with van der Waals surface area (Å²) < 4.78 is 2.00. The van der Waals surface area contributed by atoms with Crippen molar-refractivity contribution >= 4 is 70.8 Å². The molecule has 1 amide bonds. The van der Waals surface area contributed by atoms with E-state index in [1.165, 1.54) is 0 Å². The van der Waals surface area contributed by atoms with Crippen molar-refractivity contribution in [3.05, 3.63) is 32.9 Å². The first kappa shape index (κ1) is 26.3. The number of hydrogen-bond acceptors (Lipinski definition) is 5. The fourth-order valence-corrected chi connectivity index (χ4v) is 4.91. The lowest BCUT2D eigenvalue weighted by Gasteiger charge is -2.30. The third-order valence-electron chi connectivity index (χ3n) is 5.78. The molecule has 0 unspecified atom stereocenters. The van der Waals surface area contributed by atoms with Gasteiger partial charge in [-0.2, -0.15) is 0 Å². The first-order valence-electron chi connectivity index (χ1n) is 10.9. The minimum atomic E-state index is -0.361. The average Bonchev–Trinajstić information content (AvgIpc) is 3.10. The van der Waals surface area contributed by atoms with E-state index in [1.807, 2.05) is 11.5 Å². The smallest absolute Gasteiger partial charge is 0.223 e. The van der Waals surface area contributed by atoms with E-state index in [0.717, 1.165) is 12.8 Å². The fraction of sp³-hybridized carbons (Fsp3) is 0.455. The third-order valence-corrected chi connectivity index (χ3v) is 6.59. The summed E-state index contributed by atoms with van der Waals surface area (Å²) in [5.41, 5.74) is 6.68. The highest BCUT2D eigenvalue weighted by molar-refractivity contribution is 6.41. The second-order valence-electron chi connectivity index (χ2n) is 8.28. The summed E-state index contributed by atoms with van der Waals surface area (Å²) in [4.78, 5) is 24.7. The zero-order chi connectivity index (χ0) is 25.0. The van der Waals surface area contributed by atoms with Crippen LogP contribution in [-0.4, -0.2) is 45.9 Å². The monoisotopic (exact) mass is 527 g/mol. The molecule has 1 saturated carbocycles. The Bertz CT molecular complexity index is 1070. The topological polar surface area (TPSA) is 130 Å². The Morgan fingerprint density at radius 3 is 2.44 bits per heavy atom. The van der Waals surface area contributed by atoms with Crippen molar-refractivity contribution in [1.82, 2.24) is 9.55 Å². The Kier molecular flexibility index (Phi) is 8.81. The third kappa shape index (κ3) is 6.02. The molecule has 1 atom stereocenters. The number of nitrogens with two attached hydrogens (primary N) is 1. The summed E-state index contributed by atoms with van der Waals surface area (Å²) in [6, 6.07) is 2.84. The maximum Gasteiger partial charge on any atom is 0.223 e. The minimum absolute atomic E-state index is 0.00739. The Morgan fingerprint density at radius 2 is 1.91 bits per heavy atom. The number of aryl methyl sites for hydroxylation is 1. The van der Waals surface area contributed by atoms with Gasteiger partial charge in [0.15, 0.2) is 0 Å². The molecule has 9 nitrogen and oxygen atoms in total. The molecule has 184 valence electrons. The van der Waals surface area contributed by atoms with Crippen LogP contribution in [0.5, 0.6) is 0 Å². The molecule has 12 heteroatoms. The lowest BCUT2D eigenvalue weighted by atomic mass is 9.85. The van der Waals surface area contributed by atoms with Gasteiger partial charge in [-0.15, -0.1) is 0 Å². The van der Waals surface area contributed by atoms with Crippen LogP contribution >= 0.6 is 34.8 Å². The van der Waals surface area contributed by atoms with Gasteiger partial charge in [-0.05, 0) is 58.4 Å². The lowest BCUT2D eigenvalue weighted by molar-refractivity contribution is -0.122. The number of amides is 1. The van der Waals surface area contributed by atoms with Gasteiger partial charge in [0.1, 0.15) is 5.82 Å².